The largest absolute Gasteiger partial charge is 0.493 e. The molecule has 1 amide bonds. The van der Waals surface area contributed by atoms with Gasteiger partial charge in [-0.1, -0.05) is 28.1 Å². The molecule has 0 saturated heterocycles. The van der Waals surface area contributed by atoms with Crippen molar-refractivity contribution in [3.05, 3.63) is 73.3 Å². The van der Waals surface area contributed by atoms with Crippen LogP contribution in [0.2, 0.25) is 0 Å². The predicted octanol–water partition coefficient (Wildman–Crippen LogP) is 2.59. The molecule has 29 heavy (non-hydrogen) atoms. The number of rotatable bonds is 4. The maximum Gasteiger partial charge on any atom is 0.331 e. The monoisotopic (exact) mass is 457 g/mol. The van der Waals surface area contributed by atoms with Crippen LogP contribution in [-0.2, 0) is 17.9 Å². The van der Waals surface area contributed by atoms with Crippen LogP contribution in [0.15, 0.2) is 56.5 Å². The molecule has 8 heteroatoms. The summed E-state index contributed by atoms with van der Waals surface area (Å²) in [6, 6.07) is 12.3. The van der Waals surface area contributed by atoms with Gasteiger partial charge in [0.1, 0.15) is 12.3 Å². The summed E-state index contributed by atoms with van der Waals surface area (Å²) in [5.74, 6) is 0.447. The van der Waals surface area contributed by atoms with Crippen molar-refractivity contribution in [2.45, 2.75) is 32.5 Å². The van der Waals surface area contributed by atoms with Crippen LogP contribution in [0.3, 0.4) is 0 Å². The van der Waals surface area contributed by atoms with E-state index in [1.165, 1.54) is 4.57 Å². The topological polar surface area (TPSA) is 82.3 Å². The molecule has 0 aliphatic carbocycles. The standard InChI is InChI=1S/C21H20BrN3O4/c1-2-24-20(27)14-5-3-4-6-17(14)25(21(24)28)12-19(26)23-16-9-10-29-18-8-7-13(22)11-15(16)18/h3-8,11,16H,2,9-10,12H2,1H3,(H,23,26). The number of nitrogens with one attached hydrogen (secondary N) is 1. The van der Waals surface area contributed by atoms with Gasteiger partial charge in [0.2, 0.25) is 5.91 Å². The van der Waals surface area contributed by atoms with E-state index in [4.69, 9.17) is 4.74 Å². The van der Waals surface area contributed by atoms with Gasteiger partial charge in [0.15, 0.2) is 0 Å². The highest BCUT2D eigenvalue weighted by molar-refractivity contribution is 9.10. The number of benzene rings is 2. The van der Waals surface area contributed by atoms with Gasteiger partial charge in [0, 0.05) is 23.0 Å². The summed E-state index contributed by atoms with van der Waals surface area (Å²) >= 11 is 3.45. The zero-order valence-corrected chi connectivity index (χ0v) is 17.4. The van der Waals surface area contributed by atoms with Crippen LogP contribution in [0, 0.1) is 0 Å². The molecule has 1 aliphatic heterocycles. The molecule has 1 unspecified atom stereocenters. The summed E-state index contributed by atoms with van der Waals surface area (Å²) in [4.78, 5) is 38.2. The van der Waals surface area contributed by atoms with E-state index in [0.29, 0.717) is 23.9 Å². The Bertz CT molecular complexity index is 1210. The SMILES string of the molecule is CCn1c(=O)c2ccccc2n(CC(=O)NC2CCOc3ccc(Br)cc32)c1=O. The van der Waals surface area contributed by atoms with Gasteiger partial charge in [-0.15, -0.1) is 0 Å². The fraction of sp³-hybridized carbons (Fsp3) is 0.286. The molecular formula is C21H20BrN3O4. The molecule has 150 valence electrons. The maximum absolute atomic E-state index is 12.8. The molecule has 0 spiro atoms. The van der Waals surface area contributed by atoms with Gasteiger partial charge in [-0.3, -0.25) is 18.7 Å². The molecule has 3 aromatic rings. The van der Waals surface area contributed by atoms with Gasteiger partial charge in [-0.05, 0) is 37.3 Å². The molecule has 1 aliphatic rings. The maximum atomic E-state index is 12.8. The van der Waals surface area contributed by atoms with Crippen molar-refractivity contribution in [1.82, 2.24) is 14.5 Å². The van der Waals surface area contributed by atoms with Crippen LogP contribution in [0.1, 0.15) is 24.9 Å². The third-order valence-corrected chi connectivity index (χ3v) is 5.59. The van der Waals surface area contributed by atoms with Crippen molar-refractivity contribution in [3.63, 3.8) is 0 Å². The summed E-state index contributed by atoms with van der Waals surface area (Å²) in [5.41, 5.74) is 0.529. The number of fused-ring (bicyclic) bond motifs is 2. The Labute approximate surface area is 175 Å². The molecule has 2 heterocycles. The Balaban J connectivity index is 1.67. The minimum Gasteiger partial charge on any atom is -0.493 e. The van der Waals surface area contributed by atoms with Crippen molar-refractivity contribution in [2.24, 2.45) is 0 Å². The molecule has 0 fully saturated rings. The van der Waals surface area contributed by atoms with Gasteiger partial charge in [-0.25, -0.2) is 4.79 Å². The number of carbonyl (C=O) groups excluding carboxylic acids is 1. The van der Waals surface area contributed by atoms with Crippen molar-refractivity contribution in [2.75, 3.05) is 6.61 Å². The van der Waals surface area contributed by atoms with E-state index < -0.39 is 5.69 Å². The second-order valence-corrected chi connectivity index (χ2v) is 7.79. The normalized spacial score (nSPS) is 15.6. The smallest absolute Gasteiger partial charge is 0.331 e. The molecule has 4 rings (SSSR count). The number of aromatic nitrogens is 2. The first kappa shape index (κ1) is 19.4. The van der Waals surface area contributed by atoms with Crippen molar-refractivity contribution in [1.29, 1.82) is 0 Å². The number of hydrogen-bond acceptors (Lipinski definition) is 4. The number of carbonyl (C=O) groups is 1. The second-order valence-electron chi connectivity index (χ2n) is 6.87. The minimum absolute atomic E-state index is 0.166. The Morgan fingerprint density at radius 3 is 2.79 bits per heavy atom. The van der Waals surface area contributed by atoms with E-state index >= 15 is 0 Å². The highest BCUT2D eigenvalue weighted by Gasteiger charge is 2.24. The third kappa shape index (κ3) is 3.60. The van der Waals surface area contributed by atoms with Gasteiger partial charge < -0.3 is 10.1 Å². The van der Waals surface area contributed by atoms with Crippen LogP contribution in [0.5, 0.6) is 5.75 Å². The lowest BCUT2D eigenvalue weighted by molar-refractivity contribution is -0.122. The van der Waals surface area contributed by atoms with E-state index in [1.54, 1.807) is 31.2 Å². The molecular weight excluding hydrogens is 438 g/mol. The van der Waals surface area contributed by atoms with Gasteiger partial charge >= 0.3 is 5.69 Å². The average molecular weight is 458 g/mol. The first-order valence-electron chi connectivity index (χ1n) is 9.43. The number of para-hydroxylation sites is 1. The summed E-state index contributed by atoms with van der Waals surface area (Å²) in [5, 5.41) is 3.43. The van der Waals surface area contributed by atoms with Gasteiger partial charge in [-0.2, -0.15) is 0 Å². The third-order valence-electron chi connectivity index (χ3n) is 5.10. The van der Waals surface area contributed by atoms with E-state index in [9.17, 15) is 14.4 Å². The average Bonchev–Trinajstić information content (AvgIpc) is 2.72. The van der Waals surface area contributed by atoms with Crippen LogP contribution in [0.4, 0.5) is 0 Å². The number of nitrogens with zero attached hydrogens (tertiary/aromatic N) is 2. The molecule has 0 saturated carbocycles. The lowest BCUT2D eigenvalue weighted by atomic mass is 10.0. The first-order chi connectivity index (χ1) is 14.0. The predicted molar refractivity (Wildman–Crippen MR) is 113 cm³/mol. The van der Waals surface area contributed by atoms with E-state index in [2.05, 4.69) is 21.2 Å². The zero-order valence-electron chi connectivity index (χ0n) is 15.9. The van der Waals surface area contributed by atoms with Gasteiger partial charge in [0.05, 0.1) is 23.6 Å². The highest BCUT2D eigenvalue weighted by Crippen LogP contribution is 2.34. The zero-order chi connectivity index (χ0) is 20.5. The Hall–Kier alpha value is -2.87. The number of amides is 1. The molecule has 0 bridgehead atoms. The summed E-state index contributed by atoms with van der Waals surface area (Å²) in [6.45, 7) is 2.31. The summed E-state index contributed by atoms with van der Waals surface area (Å²) in [7, 11) is 0. The highest BCUT2D eigenvalue weighted by atomic mass is 79.9. The van der Waals surface area contributed by atoms with Crippen LogP contribution >= 0.6 is 15.9 Å². The fourth-order valence-electron chi connectivity index (χ4n) is 3.70. The van der Waals surface area contributed by atoms with Crippen LogP contribution in [0.25, 0.3) is 10.9 Å². The van der Waals surface area contributed by atoms with Crippen LogP contribution in [-0.4, -0.2) is 21.6 Å². The molecule has 7 nitrogen and oxygen atoms in total. The number of hydrogen-bond donors (Lipinski definition) is 1. The van der Waals surface area contributed by atoms with E-state index in [-0.39, 0.29) is 30.6 Å². The van der Waals surface area contributed by atoms with Crippen LogP contribution < -0.4 is 21.3 Å². The Kier molecular flexibility index (Phi) is 5.27. The molecule has 2 aromatic carbocycles. The number of halogens is 1. The first-order valence-corrected chi connectivity index (χ1v) is 10.2. The molecule has 0 radical (unpaired) electrons. The van der Waals surface area contributed by atoms with Gasteiger partial charge in [0.25, 0.3) is 5.56 Å². The summed E-state index contributed by atoms with van der Waals surface area (Å²) < 4.78 is 9.07. The molecule has 1 N–H and O–H groups in total. The second kappa shape index (κ2) is 7.87. The van der Waals surface area contributed by atoms with Crippen molar-refractivity contribution in [3.8, 4) is 5.75 Å². The quantitative estimate of drug-likeness (QED) is 0.652. The number of ether oxygens (including phenoxy) is 1. The minimum atomic E-state index is -0.485. The molecule has 1 atom stereocenters. The van der Waals surface area contributed by atoms with Crippen molar-refractivity contribution < 1.29 is 9.53 Å². The lowest BCUT2D eigenvalue weighted by Crippen LogP contribution is -2.43. The Morgan fingerprint density at radius 2 is 2.00 bits per heavy atom. The van der Waals surface area contributed by atoms with E-state index in [1.807, 2.05) is 18.2 Å². The lowest BCUT2D eigenvalue weighted by Gasteiger charge is -2.27. The Morgan fingerprint density at radius 1 is 1.21 bits per heavy atom. The summed E-state index contributed by atoms with van der Waals surface area (Å²) in [6.07, 6.45) is 0.638. The van der Waals surface area contributed by atoms with Crippen molar-refractivity contribution >= 4 is 32.7 Å². The fourth-order valence-corrected chi connectivity index (χ4v) is 4.08. The van der Waals surface area contributed by atoms with E-state index in [0.717, 1.165) is 20.4 Å². The molecule has 1 aromatic heterocycles.